The standard InChI is InChI=1S/C21H22N4O5/c1-30-21(29)16-13-25(10-11-26)20(28)18(16)24-17-8-3-2-7-15(17)19(27)23-12-14-6-4-5-9-22-14/h2-9,24,26H,10-13H2,1H3,(H,23,27). The molecule has 0 spiro atoms. The van der Waals surface area contributed by atoms with E-state index in [1.54, 1.807) is 42.6 Å². The Hall–Kier alpha value is -3.72. The number of benzene rings is 1. The molecule has 0 bridgehead atoms. The fourth-order valence-corrected chi connectivity index (χ4v) is 3.04. The van der Waals surface area contributed by atoms with Gasteiger partial charge in [-0.2, -0.15) is 0 Å². The molecule has 1 aliphatic heterocycles. The molecular weight excluding hydrogens is 388 g/mol. The molecule has 0 radical (unpaired) electrons. The van der Waals surface area contributed by atoms with E-state index in [1.165, 1.54) is 12.0 Å². The van der Waals surface area contributed by atoms with Crippen molar-refractivity contribution in [2.45, 2.75) is 6.54 Å². The number of ether oxygens (including phenoxy) is 1. The van der Waals surface area contributed by atoms with Crippen molar-refractivity contribution in [3.05, 3.63) is 71.2 Å². The van der Waals surface area contributed by atoms with E-state index in [2.05, 4.69) is 15.6 Å². The van der Waals surface area contributed by atoms with Crippen LogP contribution in [0.25, 0.3) is 0 Å². The SMILES string of the molecule is COC(=O)C1=C(Nc2ccccc2C(=O)NCc2ccccn2)C(=O)N(CCO)C1. The Balaban J connectivity index is 1.83. The zero-order valence-electron chi connectivity index (χ0n) is 16.4. The number of amides is 2. The van der Waals surface area contributed by atoms with Gasteiger partial charge in [0.05, 0.1) is 49.3 Å². The Labute approximate surface area is 173 Å². The van der Waals surface area contributed by atoms with E-state index in [-0.39, 0.29) is 43.4 Å². The molecule has 1 aromatic heterocycles. The minimum atomic E-state index is -0.650. The van der Waals surface area contributed by atoms with Gasteiger partial charge in [0, 0.05) is 12.7 Å². The molecule has 2 amide bonds. The summed E-state index contributed by atoms with van der Waals surface area (Å²) in [5.41, 5.74) is 1.54. The second kappa shape index (κ2) is 9.66. The molecule has 9 nitrogen and oxygen atoms in total. The number of nitrogens with zero attached hydrogens (tertiary/aromatic N) is 2. The van der Waals surface area contributed by atoms with Crippen LogP contribution in [0, 0.1) is 0 Å². The van der Waals surface area contributed by atoms with Crippen LogP contribution in [0.2, 0.25) is 0 Å². The van der Waals surface area contributed by atoms with E-state index >= 15 is 0 Å². The van der Waals surface area contributed by atoms with Gasteiger partial charge in [0.1, 0.15) is 5.70 Å². The number of carbonyl (C=O) groups excluding carboxylic acids is 3. The molecule has 0 atom stereocenters. The van der Waals surface area contributed by atoms with Gasteiger partial charge in [-0.1, -0.05) is 18.2 Å². The van der Waals surface area contributed by atoms with E-state index in [4.69, 9.17) is 9.84 Å². The first-order chi connectivity index (χ1) is 14.5. The highest BCUT2D eigenvalue weighted by atomic mass is 16.5. The minimum Gasteiger partial charge on any atom is -0.466 e. The lowest BCUT2D eigenvalue weighted by atomic mass is 10.1. The van der Waals surface area contributed by atoms with Gasteiger partial charge < -0.3 is 25.4 Å². The number of hydrogen-bond donors (Lipinski definition) is 3. The van der Waals surface area contributed by atoms with Crippen LogP contribution in [-0.2, 0) is 20.9 Å². The van der Waals surface area contributed by atoms with Gasteiger partial charge in [0.25, 0.3) is 11.8 Å². The number of esters is 1. The molecule has 1 aromatic carbocycles. The number of hydrogen-bond acceptors (Lipinski definition) is 7. The number of aliphatic hydroxyl groups is 1. The summed E-state index contributed by atoms with van der Waals surface area (Å²) in [5.74, 6) is -1.46. The van der Waals surface area contributed by atoms with Crippen LogP contribution in [0.15, 0.2) is 59.9 Å². The predicted molar refractivity (Wildman–Crippen MR) is 108 cm³/mol. The van der Waals surface area contributed by atoms with Crippen LogP contribution in [-0.4, -0.2) is 59.6 Å². The highest BCUT2D eigenvalue weighted by molar-refractivity contribution is 6.09. The van der Waals surface area contributed by atoms with Crippen LogP contribution in [0.1, 0.15) is 16.1 Å². The second-order valence-electron chi connectivity index (χ2n) is 6.47. The van der Waals surface area contributed by atoms with Crippen molar-refractivity contribution in [1.82, 2.24) is 15.2 Å². The van der Waals surface area contributed by atoms with Crippen molar-refractivity contribution in [3.63, 3.8) is 0 Å². The zero-order chi connectivity index (χ0) is 21.5. The summed E-state index contributed by atoms with van der Waals surface area (Å²) in [6.07, 6.45) is 1.64. The van der Waals surface area contributed by atoms with Gasteiger partial charge in [-0.15, -0.1) is 0 Å². The third-order valence-corrected chi connectivity index (χ3v) is 4.54. The zero-order valence-corrected chi connectivity index (χ0v) is 16.4. The summed E-state index contributed by atoms with van der Waals surface area (Å²) in [4.78, 5) is 43.1. The monoisotopic (exact) mass is 410 g/mol. The molecule has 0 aliphatic carbocycles. The van der Waals surface area contributed by atoms with Crippen molar-refractivity contribution in [3.8, 4) is 0 Å². The summed E-state index contributed by atoms with van der Waals surface area (Å²) in [6.45, 7) is 0.104. The minimum absolute atomic E-state index is 0.0163. The lowest BCUT2D eigenvalue weighted by molar-refractivity contribution is -0.136. The van der Waals surface area contributed by atoms with Crippen molar-refractivity contribution in [2.24, 2.45) is 0 Å². The molecular formula is C21H22N4O5. The Bertz CT molecular complexity index is 974. The summed E-state index contributed by atoms with van der Waals surface area (Å²) in [5, 5.41) is 14.9. The molecule has 0 saturated carbocycles. The van der Waals surface area contributed by atoms with Gasteiger partial charge in [0.2, 0.25) is 0 Å². The van der Waals surface area contributed by atoms with Crippen molar-refractivity contribution < 1.29 is 24.2 Å². The molecule has 30 heavy (non-hydrogen) atoms. The number of aromatic nitrogens is 1. The molecule has 156 valence electrons. The molecule has 0 fully saturated rings. The fraction of sp³-hybridized carbons (Fsp3) is 0.238. The van der Waals surface area contributed by atoms with E-state index in [9.17, 15) is 14.4 Å². The maximum atomic E-state index is 12.7. The van der Waals surface area contributed by atoms with E-state index in [1.807, 2.05) is 6.07 Å². The molecule has 3 rings (SSSR count). The van der Waals surface area contributed by atoms with E-state index in [0.717, 1.165) is 0 Å². The van der Waals surface area contributed by atoms with Gasteiger partial charge in [-0.3, -0.25) is 14.6 Å². The van der Waals surface area contributed by atoms with Crippen LogP contribution in [0.4, 0.5) is 5.69 Å². The second-order valence-corrected chi connectivity index (χ2v) is 6.47. The number of aliphatic hydroxyl groups excluding tert-OH is 1. The van der Waals surface area contributed by atoms with E-state index < -0.39 is 11.9 Å². The summed E-state index contributed by atoms with van der Waals surface area (Å²) in [7, 11) is 1.23. The summed E-state index contributed by atoms with van der Waals surface area (Å²) >= 11 is 0. The smallest absolute Gasteiger partial charge is 0.337 e. The number of anilines is 1. The van der Waals surface area contributed by atoms with Crippen LogP contribution >= 0.6 is 0 Å². The third-order valence-electron chi connectivity index (χ3n) is 4.54. The summed E-state index contributed by atoms with van der Waals surface area (Å²) in [6, 6.07) is 12.1. The Morgan fingerprint density at radius 2 is 1.97 bits per heavy atom. The largest absolute Gasteiger partial charge is 0.466 e. The van der Waals surface area contributed by atoms with Crippen LogP contribution in [0.5, 0.6) is 0 Å². The lowest BCUT2D eigenvalue weighted by Gasteiger charge is -2.16. The maximum absolute atomic E-state index is 12.7. The molecule has 3 N–H and O–H groups in total. The Morgan fingerprint density at radius 3 is 2.67 bits per heavy atom. The highest BCUT2D eigenvalue weighted by Gasteiger charge is 2.34. The Kier molecular flexibility index (Phi) is 6.76. The number of nitrogens with one attached hydrogen (secondary N) is 2. The predicted octanol–water partition coefficient (Wildman–Crippen LogP) is 0.685. The first kappa shape index (κ1) is 21.0. The average molecular weight is 410 g/mol. The van der Waals surface area contributed by atoms with Gasteiger partial charge in [-0.05, 0) is 24.3 Å². The van der Waals surface area contributed by atoms with Gasteiger partial charge in [0.15, 0.2) is 0 Å². The number of rotatable bonds is 8. The van der Waals surface area contributed by atoms with Crippen LogP contribution < -0.4 is 10.6 Å². The number of carbonyl (C=O) groups is 3. The quantitative estimate of drug-likeness (QED) is 0.548. The highest BCUT2D eigenvalue weighted by Crippen LogP contribution is 2.24. The topological polar surface area (TPSA) is 121 Å². The Morgan fingerprint density at radius 1 is 1.20 bits per heavy atom. The first-order valence-electron chi connectivity index (χ1n) is 9.31. The van der Waals surface area contributed by atoms with E-state index in [0.29, 0.717) is 16.9 Å². The van der Waals surface area contributed by atoms with Crippen molar-refractivity contribution in [2.75, 3.05) is 32.1 Å². The van der Waals surface area contributed by atoms with Gasteiger partial charge in [-0.25, -0.2) is 4.79 Å². The molecule has 0 saturated heterocycles. The van der Waals surface area contributed by atoms with Crippen molar-refractivity contribution >= 4 is 23.5 Å². The number of β-amino-alcohol motifs (C(OH)–C–C–N with tert-alkyl or cyclic N) is 1. The van der Waals surface area contributed by atoms with Crippen LogP contribution in [0.3, 0.4) is 0 Å². The number of methoxy groups -OCH3 is 1. The summed E-state index contributed by atoms with van der Waals surface area (Å²) < 4.78 is 4.78. The molecule has 9 heteroatoms. The van der Waals surface area contributed by atoms with Crippen molar-refractivity contribution in [1.29, 1.82) is 0 Å². The number of para-hydroxylation sites is 1. The maximum Gasteiger partial charge on any atom is 0.337 e. The third kappa shape index (κ3) is 4.64. The fourth-order valence-electron chi connectivity index (χ4n) is 3.04. The first-order valence-corrected chi connectivity index (χ1v) is 9.31. The normalized spacial score (nSPS) is 13.4. The molecule has 1 aliphatic rings. The van der Waals surface area contributed by atoms with Gasteiger partial charge >= 0.3 is 5.97 Å². The molecule has 2 heterocycles. The molecule has 0 unspecified atom stereocenters. The molecule has 2 aromatic rings. The average Bonchev–Trinajstić information content (AvgIpc) is 3.08. The lowest BCUT2D eigenvalue weighted by Crippen LogP contribution is -2.31. The number of pyridine rings is 1.